The summed E-state index contributed by atoms with van der Waals surface area (Å²) >= 11 is 0. The van der Waals surface area contributed by atoms with E-state index in [1.54, 1.807) is 0 Å². The summed E-state index contributed by atoms with van der Waals surface area (Å²) in [6.45, 7) is 9.35. The van der Waals surface area contributed by atoms with Gasteiger partial charge in [0.15, 0.2) is 0 Å². The second-order valence-corrected chi connectivity index (χ2v) is 5.57. The summed E-state index contributed by atoms with van der Waals surface area (Å²) in [4.78, 5) is 0. The maximum Gasteiger partial charge on any atom is 0.00951 e. The van der Waals surface area contributed by atoms with Crippen molar-refractivity contribution >= 4 is 0 Å². The van der Waals surface area contributed by atoms with Crippen LogP contribution >= 0.6 is 0 Å². The van der Waals surface area contributed by atoms with E-state index in [-0.39, 0.29) is 0 Å². The largest absolute Gasteiger partial charge is 0.311 e. The fourth-order valence-electron chi connectivity index (χ4n) is 2.70. The number of hydrogen-bond acceptors (Lipinski definition) is 1. The van der Waals surface area contributed by atoms with Crippen LogP contribution in [-0.4, -0.2) is 12.1 Å². The third kappa shape index (κ3) is 4.00. The molecular weight excluding hydrogens is 170 g/mol. The number of rotatable bonds is 4. The van der Waals surface area contributed by atoms with Crippen molar-refractivity contribution in [1.29, 1.82) is 0 Å². The Kier molecular flexibility index (Phi) is 4.94. The second-order valence-electron chi connectivity index (χ2n) is 5.57. The lowest BCUT2D eigenvalue weighted by molar-refractivity contribution is 0.252. The van der Waals surface area contributed by atoms with Gasteiger partial charge < -0.3 is 5.32 Å². The van der Waals surface area contributed by atoms with Crippen LogP contribution in [0.2, 0.25) is 0 Å². The average Bonchev–Trinajstić information content (AvgIpc) is 2.07. The lowest BCUT2D eigenvalue weighted by atomic mass is 9.85. The van der Waals surface area contributed by atoms with E-state index in [4.69, 9.17) is 0 Å². The Morgan fingerprint density at radius 2 is 1.79 bits per heavy atom. The molecule has 1 rings (SSSR count). The molecule has 1 fully saturated rings. The lowest BCUT2D eigenvalue weighted by Crippen LogP contribution is -2.42. The van der Waals surface area contributed by atoms with Gasteiger partial charge in [-0.2, -0.15) is 0 Å². The minimum atomic E-state index is 0.695. The maximum atomic E-state index is 3.80. The van der Waals surface area contributed by atoms with Crippen molar-refractivity contribution in [2.45, 2.75) is 71.9 Å². The summed E-state index contributed by atoms with van der Waals surface area (Å²) in [7, 11) is 0. The van der Waals surface area contributed by atoms with E-state index in [2.05, 4.69) is 33.0 Å². The molecule has 1 aliphatic carbocycles. The van der Waals surface area contributed by atoms with E-state index < -0.39 is 0 Å². The summed E-state index contributed by atoms with van der Waals surface area (Å²) in [5, 5.41) is 3.80. The first kappa shape index (κ1) is 12.0. The molecular formula is C13H27N. The van der Waals surface area contributed by atoms with Gasteiger partial charge in [-0.15, -0.1) is 0 Å². The summed E-state index contributed by atoms with van der Waals surface area (Å²) < 4.78 is 0. The van der Waals surface area contributed by atoms with Gasteiger partial charge in [0.05, 0.1) is 0 Å². The predicted octanol–water partition coefficient (Wildman–Crippen LogP) is 3.59. The highest BCUT2D eigenvalue weighted by atomic mass is 14.9. The van der Waals surface area contributed by atoms with Crippen LogP contribution in [-0.2, 0) is 0 Å². The van der Waals surface area contributed by atoms with Crippen LogP contribution in [0.3, 0.4) is 0 Å². The fraction of sp³-hybridized carbons (Fsp3) is 1.00. The molecule has 1 nitrogen and oxygen atoms in total. The van der Waals surface area contributed by atoms with Crippen molar-refractivity contribution in [3.05, 3.63) is 0 Å². The van der Waals surface area contributed by atoms with Crippen molar-refractivity contribution in [2.24, 2.45) is 11.8 Å². The van der Waals surface area contributed by atoms with Gasteiger partial charge in [0.1, 0.15) is 0 Å². The molecule has 0 saturated heterocycles. The molecule has 0 unspecified atom stereocenters. The van der Waals surface area contributed by atoms with Crippen LogP contribution < -0.4 is 5.32 Å². The molecule has 0 aliphatic heterocycles. The molecule has 0 heterocycles. The molecule has 0 aromatic heterocycles. The molecule has 1 aliphatic rings. The van der Waals surface area contributed by atoms with Gasteiger partial charge in [-0.1, -0.05) is 33.6 Å². The summed E-state index contributed by atoms with van der Waals surface area (Å²) in [6, 6.07) is 1.48. The third-order valence-corrected chi connectivity index (χ3v) is 3.44. The zero-order valence-electron chi connectivity index (χ0n) is 10.3. The van der Waals surface area contributed by atoms with Crippen molar-refractivity contribution in [2.75, 3.05) is 0 Å². The molecule has 1 saturated carbocycles. The van der Waals surface area contributed by atoms with Gasteiger partial charge in [-0.25, -0.2) is 0 Å². The van der Waals surface area contributed by atoms with Crippen LogP contribution in [0, 0.1) is 11.8 Å². The smallest absolute Gasteiger partial charge is 0.00951 e. The Morgan fingerprint density at radius 3 is 2.36 bits per heavy atom. The van der Waals surface area contributed by atoms with Crippen molar-refractivity contribution in [1.82, 2.24) is 5.32 Å². The first-order valence-electron chi connectivity index (χ1n) is 6.35. The van der Waals surface area contributed by atoms with Crippen molar-refractivity contribution in [3.8, 4) is 0 Å². The first-order chi connectivity index (χ1) is 6.59. The minimum absolute atomic E-state index is 0.695. The average molecular weight is 197 g/mol. The molecule has 0 aromatic carbocycles. The van der Waals surface area contributed by atoms with E-state index in [0.29, 0.717) is 6.04 Å². The predicted molar refractivity (Wildman–Crippen MR) is 63.5 cm³/mol. The molecule has 0 aromatic rings. The first-order valence-corrected chi connectivity index (χ1v) is 6.35. The van der Waals surface area contributed by atoms with Gasteiger partial charge in [-0.3, -0.25) is 0 Å². The number of hydrogen-bond donors (Lipinski definition) is 1. The highest BCUT2D eigenvalue weighted by Gasteiger charge is 2.22. The Hall–Kier alpha value is -0.0400. The maximum absolute atomic E-state index is 3.80. The Labute approximate surface area is 89.7 Å². The Bertz CT molecular complexity index is 153. The fourth-order valence-corrected chi connectivity index (χ4v) is 2.70. The van der Waals surface area contributed by atoms with Crippen LogP contribution in [0.5, 0.6) is 0 Å². The van der Waals surface area contributed by atoms with E-state index in [1.165, 1.54) is 32.1 Å². The topological polar surface area (TPSA) is 12.0 Å². The quantitative estimate of drug-likeness (QED) is 0.726. The highest BCUT2D eigenvalue weighted by Crippen LogP contribution is 2.24. The summed E-state index contributed by atoms with van der Waals surface area (Å²) in [5.74, 6) is 1.70. The van der Waals surface area contributed by atoms with Gasteiger partial charge in [0.2, 0.25) is 0 Å². The molecule has 84 valence electrons. The zero-order valence-corrected chi connectivity index (χ0v) is 10.3. The molecule has 1 N–H and O–H groups in total. The monoisotopic (exact) mass is 197 g/mol. The second kappa shape index (κ2) is 5.75. The Balaban J connectivity index is 2.27. The SMILES string of the molecule is CC(C)C[C@H](C)N[C@@H]1CCCC[C@H]1C. The zero-order chi connectivity index (χ0) is 10.6. The van der Waals surface area contributed by atoms with Gasteiger partial charge in [0, 0.05) is 12.1 Å². The van der Waals surface area contributed by atoms with Crippen molar-refractivity contribution in [3.63, 3.8) is 0 Å². The van der Waals surface area contributed by atoms with Crippen LogP contribution in [0.25, 0.3) is 0 Å². The van der Waals surface area contributed by atoms with Gasteiger partial charge >= 0.3 is 0 Å². The summed E-state index contributed by atoms with van der Waals surface area (Å²) in [5.41, 5.74) is 0. The van der Waals surface area contributed by atoms with Crippen molar-refractivity contribution < 1.29 is 0 Å². The molecule has 3 atom stereocenters. The highest BCUT2D eigenvalue weighted by molar-refractivity contribution is 4.80. The lowest BCUT2D eigenvalue weighted by Gasteiger charge is -2.32. The van der Waals surface area contributed by atoms with Crippen LogP contribution in [0.1, 0.15) is 59.8 Å². The standard InChI is InChI=1S/C13H27N/c1-10(2)9-12(4)14-13-8-6-5-7-11(13)3/h10-14H,5-9H2,1-4H3/t11-,12+,13-/m1/s1. The van der Waals surface area contributed by atoms with Crippen LogP contribution in [0.15, 0.2) is 0 Å². The van der Waals surface area contributed by atoms with E-state index in [0.717, 1.165) is 17.9 Å². The third-order valence-electron chi connectivity index (χ3n) is 3.44. The van der Waals surface area contributed by atoms with E-state index in [9.17, 15) is 0 Å². The molecule has 0 bridgehead atoms. The molecule has 0 spiro atoms. The summed E-state index contributed by atoms with van der Waals surface area (Å²) in [6.07, 6.45) is 6.99. The van der Waals surface area contributed by atoms with Gasteiger partial charge in [0.25, 0.3) is 0 Å². The Morgan fingerprint density at radius 1 is 1.14 bits per heavy atom. The molecule has 14 heavy (non-hydrogen) atoms. The van der Waals surface area contributed by atoms with Gasteiger partial charge in [-0.05, 0) is 38.0 Å². The van der Waals surface area contributed by atoms with E-state index >= 15 is 0 Å². The normalized spacial score (nSPS) is 30.6. The molecule has 1 heteroatoms. The van der Waals surface area contributed by atoms with E-state index in [1.807, 2.05) is 0 Å². The molecule has 0 amide bonds. The minimum Gasteiger partial charge on any atom is -0.311 e. The van der Waals surface area contributed by atoms with Crippen LogP contribution in [0.4, 0.5) is 0 Å². The molecule has 0 radical (unpaired) electrons. The number of nitrogens with one attached hydrogen (secondary N) is 1.